The number of ether oxygens (including phenoxy) is 1. The van der Waals surface area contributed by atoms with Gasteiger partial charge in [0.15, 0.2) is 4.47 Å². The molecule has 1 spiro atoms. The fraction of sp³-hybridized carbons (Fsp3) is 0.440. The van der Waals surface area contributed by atoms with Crippen LogP contribution in [0.4, 0.5) is 11.5 Å². The third kappa shape index (κ3) is 5.68. The molecule has 37 heavy (non-hydrogen) atoms. The lowest BCUT2D eigenvalue weighted by molar-refractivity contribution is 0.0938. The van der Waals surface area contributed by atoms with Crippen molar-refractivity contribution in [3.63, 3.8) is 0 Å². The van der Waals surface area contributed by atoms with Gasteiger partial charge >= 0.3 is 0 Å². The molecule has 0 bridgehead atoms. The number of rotatable bonds is 8. The monoisotopic (exact) mass is 578 g/mol. The Hall–Kier alpha value is -2.11. The van der Waals surface area contributed by atoms with E-state index in [4.69, 9.17) is 32.9 Å². The van der Waals surface area contributed by atoms with Gasteiger partial charge in [0.25, 0.3) is 5.91 Å². The Morgan fingerprint density at radius 1 is 1.22 bits per heavy atom. The number of aromatic nitrogens is 3. The maximum absolute atomic E-state index is 12.8. The summed E-state index contributed by atoms with van der Waals surface area (Å²) in [7, 11) is 3.35. The van der Waals surface area contributed by atoms with Gasteiger partial charge in [0, 0.05) is 49.3 Å². The molecule has 2 aliphatic rings. The Morgan fingerprint density at radius 2 is 2.03 bits per heavy atom. The molecule has 12 heteroatoms. The van der Waals surface area contributed by atoms with Crippen LogP contribution < -0.4 is 15.5 Å². The summed E-state index contributed by atoms with van der Waals surface area (Å²) in [6, 6.07) is 3.73. The van der Waals surface area contributed by atoms with Gasteiger partial charge < -0.3 is 20.3 Å². The number of carbonyl (C=O) groups excluding carboxylic acids is 1. The second kappa shape index (κ2) is 11.3. The fourth-order valence-electron chi connectivity index (χ4n) is 5.01. The minimum atomic E-state index is -0.255. The highest BCUT2D eigenvalue weighted by molar-refractivity contribution is 7.99. The van der Waals surface area contributed by atoms with Crippen LogP contribution in [-0.4, -0.2) is 61.3 Å². The van der Waals surface area contributed by atoms with Crippen LogP contribution in [0, 0.1) is 5.41 Å². The lowest BCUT2D eigenvalue weighted by atomic mass is 9.76. The van der Waals surface area contributed by atoms with E-state index < -0.39 is 0 Å². The molecule has 2 N–H and O–H groups in total. The molecule has 0 atom stereocenters. The van der Waals surface area contributed by atoms with E-state index in [-0.39, 0.29) is 5.91 Å². The molecule has 8 nitrogen and oxygen atoms in total. The topological polar surface area (TPSA) is 92.3 Å². The van der Waals surface area contributed by atoms with Crippen LogP contribution in [-0.2, 0) is 17.6 Å². The quantitative estimate of drug-likeness (QED) is 0.352. The van der Waals surface area contributed by atoms with Crippen molar-refractivity contribution in [2.75, 3.05) is 50.6 Å². The molecule has 3 aromatic rings. The summed E-state index contributed by atoms with van der Waals surface area (Å²) >= 11 is 15.8. The Kier molecular flexibility index (Phi) is 8.11. The molecule has 3 heterocycles. The third-order valence-corrected chi connectivity index (χ3v) is 9.69. The number of carbonyl (C=O) groups is 1. The molecule has 0 unspecified atom stereocenters. The summed E-state index contributed by atoms with van der Waals surface area (Å²) in [5.74, 6) is 0.623. The summed E-state index contributed by atoms with van der Waals surface area (Å²) in [6.07, 6.45) is 7.91. The molecule has 1 amide bonds. The zero-order valence-corrected chi connectivity index (χ0v) is 23.8. The SMILES string of the molecule is CNc1ccc(Sc2cnc(N3CCC4(CC3)Cc3nc(Cl)sc3C4)cn2)c(Cl)c1C(=O)NCCOC. The number of amides is 1. The van der Waals surface area contributed by atoms with E-state index in [9.17, 15) is 4.79 Å². The lowest BCUT2D eigenvalue weighted by Crippen LogP contribution is -2.41. The number of piperidine rings is 1. The van der Waals surface area contributed by atoms with Gasteiger partial charge in [-0.05, 0) is 43.2 Å². The molecule has 196 valence electrons. The Bertz CT molecular complexity index is 1250. The molecular weight excluding hydrogens is 551 g/mol. The lowest BCUT2D eigenvalue weighted by Gasteiger charge is -2.39. The molecule has 1 aliphatic heterocycles. The standard InChI is InChI=1S/C25H28Cl2N6O2S2/c1-28-15-3-4-17(22(26)21(15)23(34)29-7-10-35-2)36-20-14-30-19(13-31-20)33-8-5-25(6-9-33)11-16-18(12-25)37-24(27)32-16/h3-4,13-14,28H,5-12H2,1-2H3,(H,29,34). The Labute approximate surface area is 234 Å². The summed E-state index contributed by atoms with van der Waals surface area (Å²) in [4.78, 5) is 31.0. The summed E-state index contributed by atoms with van der Waals surface area (Å²) < 4.78 is 5.68. The zero-order chi connectivity index (χ0) is 26.0. The van der Waals surface area contributed by atoms with Gasteiger partial charge in [-0.1, -0.05) is 35.0 Å². The number of thiazole rings is 1. The molecule has 1 aliphatic carbocycles. The number of nitrogens with zero attached hydrogens (tertiary/aromatic N) is 4. The van der Waals surface area contributed by atoms with Gasteiger partial charge in [-0.3, -0.25) is 4.79 Å². The van der Waals surface area contributed by atoms with Crippen LogP contribution >= 0.6 is 46.3 Å². The van der Waals surface area contributed by atoms with E-state index in [1.54, 1.807) is 31.7 Å². The number of hydrogen-bond donors (Lipinski definition) is 2. The molecule has 0 radical (unpaired) electrons. The minimum Gasteiger partial charge on any atom is -0.387 e. The predicted octanol–water partition coefficient (Wildman–Crippen LogP) is 5.19. The van der Waals surface area contributed by atoms with Crippen molar-refractivity contribution in [1.29, 1.82) is 0 Å². The number of hydrogen-bond acceptors (Lipinski definition) is 9. The zero-order valence-electron chi connectivity index (χ0n) is 20.6. The highest BCUT2D eigenvalue weighted by atomic mass is 35.5. The molecular formula is C25H28Cl2N6O2S2. The summed E-state index contributed by atoms with van der Waals surface area (Å²) in [6.45, 7) is 2.72. The minimum absolute atomic E-state index is 0.255. The first-order valence-corrected chi connectivity index (χ1v) is 14.5. The van der Waals surface area contributed by atoms with Crippen molar-refractivity contribution in [3.05, 3.63) is 50.2 Å². The fourth-order valence-corrected chi connectivity index (χ4v) is 7.49. The average molecular weight is 580 g/mol. The smallest absolute Gasteiger partial charge is 0.255 e. The first-order valence-electron chi connectivity index (χ1n) is 12.1. The van der Waals surface area contributed by atoms with Crippen LogP contribution in [0.25, 0.3) is 0 Å². The first kappa shape index (κ1) is 26.5. The first-order chi connectivity index (χ1) is 17.9. The maximum Gasteiger partial charge on any atom is 0.255 e. The predicted molar refractivity (Wildman–Crippen MR) is 150 cm³/mol. The average Bonchev–Trinajstić information content (AvgIpc) is 3.39. The molecule has 1 saturated heterocycles. The van der Waals surface area contributed by atoms with Crippen molar-refractivity contribution in [3.8, 4) is 0 Å². The Morgan fingerprint density at radius 3 is 2.70 bits per heavy atom. The van der Waals surface area contributed by atoms with Crippen molar-refractivity contribution in [1.82, 2.24) is 20.3 Å². The van der Waals surface area contributed by atoms with Gasteiger partial charge in [0.1, 0.15) is 10.8 Å². The normalized spacial score (nSPS) is 16.2. The number of methoxy groups -OCH3 is 1. The van der Waals surface area contributed by atoms with E-state index in [2.05, 4.69) is 25.5 Å². The Balaban J connectivity index is 1.23. The van der Waals surface area contributed by atoms with Crippen molar-refractivity contribution in [2.45, 2.75) is 35.6 Å². The van der Waals surface area contributed by atoms with Gasteiger partial charge in [-0.2, -0.15) is 0 Å². The van der Waals surface area contributed by atoms with E-state index >= 15 is 0 Å². The molecule has 5 rings (SSSR count). The van der Waals surface area contributed by atoms with Crippen LogP contribution in [0.3, 0.4) is 0 Å². The van der Waals surface area contributed by atoms with Gasteiger partial charge in [-0.25, -0.2) is 15.0 Å². The number of anilines is 2. The van der Waals surface area contributed by atoms with E-state index in [0.29, 0.717) is 44.3 Å². The van der Waals surface area contributed by atoms with Crippen molar-refractivity contribution >= 4 is 63.7 Å². The van der Waals surface area contributed by atoms with Crippen molar-refractivity contribution < 1.29 is 9.53 Å². The summed E-state index contributed by atoms with van der Waals surface area (Å²) in [5.41, 5.74) is 2.56. The van der Waals surface area contributed by atoms with Gasteiger partial charge in [-0.15, -0.1) is 11.3 Å². The number of nitrogens with one attached hydrogen (secondary N) is 2. The second-order valence-electron chi connectivity index (χ2n) is 9.29. The van der Waals surface area contributed by atoms with Crippen LogP contribution in [0.1, 0.15) is 33.8 Å². The second-order valence-corrected chi connectivity index (χ2v) is 12.4. The largest absolute Gasteiger partial charge is 0.387 e. The van der Waals surface area contributed by atoms with Crippen LogP contribution in [0.5, 0.6) is 0 Å². The van der Waals surface area contributed by atoms with Crippen LogP contribution in [0.2, 0.25) is 9.49 Å². The molecule has 1 aromatic carbocycles. The number of benzene rings is 1. The van der Waals surface area contributed by atoms with Crippen molar-refractivity contribution in [2.24, 2.45) is 5.41 Å². The van der Waals surface area contributed by atoms with E-state index in [1.807, 2.05) is 18.3 Å². The van der Waals surface area contributed by atoms with Crippen LogP contribution in [0.15, 0.2) is 34.4 Å². The molecule has 2 aromatic heterocycles. The summed E-state index contributed by atoms with van der Waals surface area (Å²) in [5, 5.41) is 6.96. The highest BCUT2D eigenvalue weighted by Gasteiger charge is 2.42. The molecule has 0 saturated carbocycles. The number of fused-ring (bicyclic) bond motifs is 1. The third-order valence-electron chi connectivity index (χ3n) is 7.00. The van der Waals surface area contributed by atoms with Gasteiger partial charge in [0.05, 0.1) is 35.3 Å². The highest BCUT2D eigenvalue weighted by Crippen LogP contribution is 2.47. The van der Waals surface area contributed by atoms with E-state index in [0.717, 1.165) is 49.5 Å². The van der Waals surface area contributed by atoms with E-state index in [1.165, 1.54) is 22.3 Å². The van der Waals surface area contributed by atoms with Gasteiger partial charge in [0.2, 0.25) is 0 Å². The molecule has 1 fully saturated rings. The number of halogens is 2. The maximum atomic E-state index is 12.8.